The van der Waals surface area contributed by atoms with Crippen LogP contribution in [0.4, 0.5) is 105 Å². The van der Waals surface area contributed by atoms with E-state index >= 15 is 52.7 Å². The van der Waals surface area contributed by atoms with Crippen LogP contribution in [-0.2, 0) is 14.2 Å². The van der Waals surface area contributed by atoms with Crippen LogP contribution in [0.5, 0.6) is 0 Å². The maximum Gasteiger partial charge on any atom is 0.426 e. The molecule has 2 bridgehead atoms. The number of ether oxygens (including phenoxy) is 3. The second kappa shape index (κ2) is 12.7. The van der Waals surface area contributed by atoms with Crippen LogP contribution >= 0.6 is 0 Å². The van der Waals surface area contributed by atoms with Gasteiger partial charge in [0.25, 0.3) is 22.4 Å². The van der Waals surface area contributed by atoms with Gasteiger partial charge in [-0.1, -0.05) is 34.6 Å². The summed E-state index contributed by atoms with van der Waals surface area (Å²) in [6, 6.07) is 0. The Hall–Kier alpha value is -1.80. The summed E-state index contributed by atoms with van der Waals surface area (Å²) in [5.74, 6) is -21.6. The first kappa shape index (κ1) is 48.9. The molecule has 7 atom stereocenters. The number of alkyl halides is 24. The summed E-state index contributed by atoms with van der Waals surface area (Å²) >= 11 is 0. The molecule has 0 aromatic heterocycles. The smallest absolute Gasteiger partial charge is 0.357 e. The van der Waals surface area contributed by atoms with Crippen LogP contribution in [0.3, 0.4) is 0 Å². The monoisotopic (exact) mass is 908 g/mol. The predicted octanol–water partition coefficient (Wildman–Crippen LogP) is 12.2. The Balaban J connectivity index is 2.23. The van der Waals surface area contributed by atoms with E-state index in [9.17, 15) is 52.7 Å². The molecule has 0 aromatic rings. The number of hydrogen-bond acceptors (Lipinski definition) is 3. The van der Waals surface area contributed by atoms with Gasteiger partial charge in [-0.25, -0.2) is 0 Å². The average Bonchev–Trinajstić information content (AvgIpc) is 3.47. The molecule has 3 aliphatic heterocycles. The molecule has 58 heavy (non-hydrogen) atoms. The molecule has 0 N–H and O–H groups in total. The number of fused-ring (bicyclic) bond motifs is 2. The molecule has 1 aliphatic carbocycles. The van der Waals surface area contributed by atoms with Gasteiger partial charge in [0, 0.05) is 17.8 Å². The van der Waals surface area contributed by atoms with Crippen molar-refractivity contribution >= 4 is 0 Å². The predicted molar refractivity (Wildman–Crippen MR) is 144 cm³/mol. The Morgan fingerprint density at radius 1 is 0.483 bits per heavy atom. The van der Waals surface area contributed by atoms with Gasteiger partial charge in [0.15, 0.2) is 0 Å². The van der Waals surface area contributed by atoms with Gasteiger partial charge in [-0.3, -0.25) is 0 Å². The molecule has 3 nitrogen and oxygen atoms in total. The van der Waals surface area contributed by atoms with Crippen LogP contribution in [0.1, 0.15) is 60.8 Å². The van der Waals surface area contributed by atoms with Gasteiger partial charge in [0.2, 0.25) is 0 Å². The molecule has 1 saturated carbocycles. The second-order valence-electron chi connectivity index (χ2n) is 17.1. The van der Waals surface area contributed by atoms with Crippen molar-refractivity contribution in [3.63, 3.8) is 0 Å². The molecular weight excluding hydrogens is 876 g/mol. The first-order valence-corrected chi connectivity index (χ1v) is 16.6. The first-order chi connectivity index (χ1) is 25.0. The summed E-state index contributed by atoms with van der Waals surface area (Å²) in [6.07, 6.45) is -63.8. The van der Waals surface area contributed by atoms with Gasteiger partial charge < -0.3 is 14.2 Å². The van der Waals surface area contributed by atoms with Gasteiger partial charge in [-0.05, 0) is 54.8 Å². The van der Waals surface area contributed by atoms with E-state index in [0.717, 1.165) is 0 Å². The van der Waals surface area contributed by atoms with E-state index in [-0.39, 0.29) is 20.8 Å². The van der Waals surface area contributed by atoms with Gasteiger partial charge in [-0.15, -0.1) is 0 Å². The summed E-state index contributed by atoms with van der Waals surface area (Å²) in [5, 5.41) is 0. The Bertz CT molecular complexity index is 1500. The van der Waals surface area contributed by atoms with Gasteiger partial charge in [0.05, 0.1) is 12.2 Å². The highest BCUT2D eigenvalue weighted by Crippen LogP contribution is 2.76. The number of halogens is 24. The summed E-state index contributed by atoms with van der Waals surface area (Å²) in [5.41, 5.74) is -35.1. The Morgan fingerprint density at radius 3 is 1.21 bits per heavy atom. The van der Waals surface area contributed by atoms with Crippen molar-refractivity contribution in [2.75, 3.05) is 6.61 Å². The van der Waals surface area contributed by atoms with Crippen LogP contribution in [-0.4, -0.2) is 84.0 Å². The molecule has 4 rings (SSSR count). The fourth-order valence-electron chi connectivity index (χ4n) is 11.1. The van der Waals surface area contributed by atoms with Crippen LogP contribution < -0.4 is 0 Å². The molecule has 27 heteroatoms. The maximum atomic E-state index is 15.2. The third-order valence-corrected chi connectivity index (χ3v) is 12.6. The summed E-state index contributed by atoms with van der Waals surface area (Å²) in [6.45, 7) is -0.252. The van der Waals surface area contributed by atoms with Crippen molar-refractivity contribution in [3.05, 3.63) is 0 Å². The Labute approximate surface area is 311 Å². The van der Waals surface area contributed by atoms with E-state index in [4.69, 9.17) is 0 Å². The van der Waals surface area contributed by atoms with Crippen molar-refractivity contribution in [3.8, 4) is 0 Å². The molecular formula is C31H32F24O3. The van der Waals surface area contributed by atoms with Crippen LogP contribution in [0.25, 0.3) is 0 Å². The summed E-state index contributed by atoms with van der Waals surface area (Å²) in [4.78, 5) is 0. The van der Waals surface area contributed by atoms with E-state index in [1.807, 2.05) is 0 Å². The molecule has 3 heterocycles. The minimum atomic E-state index is -7.59. The standard InChI is InChI=1S/C31H32F24O3/c1-11-12-7-19(6,57-20(8-12,24(32,33)34)25(35,36)37)14(11)15-13(9-17(2,3)16-18(4,5)10-56-23(16,30(50,51)52)31(53,54)55)21(26(38,39)40,27(41,42)43)58-22(15,28(44,45)46)29(47,48)49/h11-16H,7-10H2,1-6H3. The zero-order valence-corrected chi connectivity index (χ0v) is 30.1. The minimum absolute atomic E-state index is 0.0211. The number of hydrogen-bond donors (Lipinski definition) is 0. The zero-order chi connectivity index (χ0) is 45.9. The molecule has 3 saturated heterocycles. The van der Waals surface area contributed by atoms with Crippen molar-refractivity contribution in [2.45, 2.75) is 138 Å². The van der Waals surface area contributed by atoms with Gasteiger partial charge in [-0.2, -0.15) is 105 Å². The van der Waals surface area contributed by atoms with Crippen molar-refractivity contribution in [1.82, 2.24) is 0 Å². The average molecular weight is 909 g/mol. The molecule has 0 radical (unpaired) electrons. The van der Waals surface area contributed by atoms with Crippen LogP contribution in [0.15, 0.2) is 0 Å². The highest BCUT2D eigenvalue weighted by molar-refractivity contribution is 5.26. The van der Waals surface area contributed by atoms with E-state index in [2.05, 4.69) is 14.2 Å². The molecule has 4 fully saturated rings. The quantitative estimate of drug-likeness (QED) is 0.263. The lowest BCUT2D eigenvalue weighted by Crippen LogP contribution is -2.67. The maximum absolute atomic E-state index is 15.2. The van der Waals surface area contributed by atoms with E-state index < -0.39 is 150 Å². The number of rotatable bonds is 4. The highest BCUT2D eigenvalue weighted by atomic mass is 19.4. The fraction of sp³-hybridized carbons (Fsp3) is 1.00. The minimum Gasteiger partial charge on any atom is -0.357 e. The van der Waals surface area contributed by atoms with Crippen LogP contribution in [0.2, 0.25) is 0 Å². The summed E-state index contributed by atoms with van der Waals surface area (Å²) in [7, 11) is 0. The largest absolute Gasteiger partial charge is 0.426 e. The zero-order valence-electron chi connectivity index (χ0n) is 30.1. The van der Waals surface area contributed by atoms with Crippen molar-refractivity contribution in [1.29, 1.82) is 0 Å². The lowest BCUT2D eigenvalue weighted by molar-refractivity contribution is -0.451. The van der Waals surface area contributed by atoms with Crippen molar-refractivity contribution < 1.29 is 120 Å². The Kier molecular flexibility index (Phi) is 10.7. The molecule has 4 aliphatic rings. The second-order valence-corrected chi connectivity index (χ2v) is 17.1. The van der Waals surface area contributed by atoms with Crippen LogP contribution in [0, 0.1) is 46.3 Å². The fourth-order valence-corrected chi connectivity index (χ4v) is 11.1. The lowest BCUT2D eigenvalue weighted by atomic mass is 9.53. The lowest BCUT2D eigenvalue weighted by Gasteiger charge is -2.52. The van der Waals surface area contributed by atoms with Gasteiger partial charge >= 0.3 is 49.4 Å². The third-order valence-electron chi connectivity index (χ3n) is 12.6. The van der Waals surface area contributed by atoms with E-state index in [1.54, 1.807) is 0 Å². The molecule has 0 aromatic carbocycles. The Morgan fingerprint density at radius 2 is 0.862 bits per heavy atom. The molecule has 0 spiro atoms. The normalized spacial score (nSPS) is 34.4. The highest BCUT2D eigenvalue weighted by Gasteiger charge is 2.95. The molecule has 7 unspecified atom stereocenters. The van der Waals surface area contributed by atoms with E-state index in [1.165, 1.54) is 0 Å². The SMILES string of the molecule is CC1C2CC(C)(OC(C(F)(F)F)(C(F)(F)F)C2)C1C1C(CC(C)(C)C2C(C)(C)COC2(C(F)(F)F)C(F)(F)F)C(C(F)(F)F)(C(F)(F)F)OC1(C(F)(F)F)C(F)(F)F. The summed E-state index contributed by atoms with van der Waals surface area (Å²) < 4.78 is 368. The van der Waals surface area contributed by atoms with Gasteiger partial charge in [0.1, 0.15) is 0 Å². The topological polar surface area (TPSA) is 27.7 Å². The molecule has 0 amide bonds. The van der Waals surface area contributed by atoms with E-state index in [0.29, 0.717) is 20.8 Å². The first-order valence-electron chi connectivity index (χ1n) is 16.6. The molecule has 342 valence electrons. The third kappa shape index (κ3) is 6.29. The van der Waals surface area contributed by atoms with Crippen molar-refractivity contribution in [2.24, 2.45) is 46.3 Å².